The van der Waals surface area contributed by atoms with Crippen LogP contribution >= 0.6 is 34.3 Å². The van der Waals surface area contributed by atoms with Crippen LogP contribution in [0, 0.1) is 33.1 Å². The van der Waals surface area contributed by atoms with Gasteiger partial charge in [0.15, 0.2) is 5.82 Å². The van der Waals surface area contributed by atoms with Crippen LogP contribution in [0.1, 0.15) is 116 Å². The fraction of sp³-hybridized carbons (Fsp3) is 0.389. The van der Waals surface area contributed by atoms with Crippen molar-refractivity contribution in [2.45, 2.75) is 123 Å². The zero-order valence-corrected chi connectivity index (χ0v) is 44.3. The van der Waals surface area contributed by atoms with Crippen molar-refractivity contribution in [2.24, 2.45) is 10.4 Å². The Hall–Kier alpha value is -6.60. The summed E-state index contributed by atoms with van der Waals surface area (Å²) in [6.45, 7) is 15.9. The molecule has 1 aliphatic carbocycles. The monoisotopic (exact) mass is 1040 g/mol. The Kier molecular flexibility index (Phi) is 13.7. The van der Waals surface area contributed by atoms with Gasteiger partial charge in [-0.3, -0.25) is 28.6 Å². The van der Waals surface area contributed by atoms with Crippen molar-refractivity contribution in [3.8, 4) is 32.4 Å². The second kappa shape index (κ2) is 20.0. The standard InChI is InChI=1S/C54H58ClN11O5S2/c1-28-31(4)73-53-46(28)47(34-13-15-38(55)16-14-34)61-42(50-63-62-32(5)66(50)53)23-44(68)60-39-20-41(21-39)71-45-19-36(17-18-56-45)37-24-58-65(25-37)49(54(6,7)8)52(70)64-26-40(67)22-43(64)51(69)59-29(2)33-9-11-35(12-10-33)48-30(3)57-27-72-48/h9-19,24-25,27,29,39-43,49,67H,20-23,26H2,1-8H3,(H,59,69)(H,60,68)/t29-,39?,40+,41?,42-,43-,49-/m0/s1. The van der Waals surface area contributed by atoms with Gasteiger partial charge in [-0.15, -0.1) is 32.9 Å². The average Bonchev–Trinajstić information content (AvgIpc) is 4.19. The Morgan fingerprint density at radius 1 is 0.932 bits per heavy atom. The number of thiophene rings is 1. The largest absolute Gasteiger partial charge is 0.474 e. The van der Waals surface area contributed by atoms with E-state index < -0.39 is 29.6 Å². The lowest BCUT2D eigenvalue weighted by molar-refractivity contribution is -0.144. The summed E-state index contributed by atoms with van der Waals surface area (Å²) in [6, 6.07) is 16.7. The molecule has 73 heavy (non-hydrogen) atoms. The molecule has 2 aromatic carbocycles. The third-order valence-electron chi connectivity index (χ3n) is 14.1. The van der Waals surface area contributed by atoms with E-state index >= 15 is 0 Å². The zero-order chi connectivity index (χ0) is 51.5. The lowest BCUT2D eigenvalue weighted by atomic mass is 9.85. The van der Waals surface area contributed by atoms with Crippen LogP contribution < -0.4 is 15.4 Å². The summed E-state index contributed by atoms with van der Waals surface area (Å²) in [4.78, 5) is 60.2. The quantitative estimate of drug-likeness (QED) is 0.100. The van der Waals surface area contributed by atoms with E-state index in [1.165, 1.54) is 9.78 Å². The van der Waals surface area contributed by atoms with Gasteiger partial charge in [-0.25, -0.2) is 9.97 Å². The van der Waals surface area contributed by atoms with Crippen LogP contribution in [0.2, 0.25) is 5.02 Å². The van der Waals surface area contributed by atoms with Crippen LogP contribution in [0.4, 0.5) is 0 Å². The Balaban J connectivity index is 0.772. The number of nitrogens with zero attached hydrogens (tertiary/aromatic N) is 9. The lowest BCUT2D eigenvalue weighted by Gasteiger charge is -2.35. The number of hydrogen-bond donors (Lipinski definition) is 3. The van der Waals surface area contributed by atoms with Crippen molar-refractivity contribution in [1.82, 2.24) is 50.0 Å². The van der Waals surface area contributed by atoms with E-state index in [9.17, 15) is 19.5 Å². The maximum atomic E-state index is 14.6. The molecule has 1 saturated carbocycles. The SMILES string of the molecule is Cc1ncsc1-c1ccc([C@H](C)NC(=O)[C@@H]2C[C@@H](O)CN2C(=O)[C@H](n2cc(-c3ccnc(OC4CC(NC(=O)C[C@@H]5N=C(c6ccc(Cl)cc6)c6c(sc(C)c6C)-n6c(C)nnc65)C4)c3)cn2)C(C)(C)C)cc1. The number of aliphatic hydroxyl groups excluding tert-OH is 1. The van der Waals surface area contributed by atoms with Crippen molar-refractivity contribution >= 4 is 57.7 Å². The summed E-state index contributed by atoms with van der Waals surface area (Å²) in [7, 11) is 0. The highest BCUT2D eigenvalue weighted by atomic mass is 35.5. The first-order valence-corrected chi connectivity index (χ1v) is 26.6. The molecule has 0 spiro atoms. The number of nitrogens with one attached hydrogen (secondary N) is 2. The number of likely N-dealkylation sites (tertiary alicyclic amines) is 1. The zero-order valence-electron chi connectivity index (χ0n) is 42.0. The molecule has 0 bridgehead atoms. The molecule has 3 amide bonds. The highest BCUT2D eigenvalue weighted by Crippen LogP contribution is 2.41. The Morgan fingerprint density at radius 3 is 2.38 bits per heavy atom. The number of hydrogen-bond acceptors (Lipinski definition) is 13. The third kappa shape index (κ3) is 10.1. The Bertz CT molecular complexity index is 3240. The highest BCUT2D eigenvalue weighted by molar-refractivity contribution is 7.15. The van der Waals surface area contributed by atoms with Gasteiger partial charge in [0.1, 0.15) is 35.1 Å². The molecule has 2 fully saturated rings. The summed E-state index contributed by atoms with van der Waals surface area (Å²) in [5.74, 6) is 1.02. The molecule has 0 unspecified atom stereocenters. The normalized spacial score (nSPS) is 20.3. The van der Waals surface area contributed by atoms with E-state index in [-0.39, 0.29) is 55.3 Å². The van der Waals surface area contributed by atoms with Gasteiger partial charge in [0.05, 0.1) is 46.6 Å². The molecule has 378 valence electrons. The van der Waals surface area contributed by atoms with Crippen LogP contribution in [0.5, 0.6) is 5.88 Å². The maximum absolute atomic E-state index is 14.6. The molecule has 10 rings (SSSR count). The molecule has 0 radical (unpaired) electrons. The van der Waals surface area contributed by atoms with Gasteiger partial charge in [0.25, 0.3) is 0 Å². The number of aliphatic imine (C=N–C) groups is 1. The van der Waals surface area contributed by atoms with Gasteiger partial charge in [-0.2, -0.15) is 5.10 Å². The molecule has 7 aromatic rings. The molecule has 16 nitrogen and oxygen atoms in total. The molecule has 3 aliphatic rings. The fourth-order valence-corrected chi connectivity index (χ4v) is 12.2. The minimum Gasteiger partial charge on any atom is -0.474 e. The summed E-state index contributed by atoms with van der Waals surface area (Å²) >= 11 is 9.54. The number of aliphatic hydroxyl groups is 1. The molecule has 19 heteroatoms. The van der Waals surface area contributed by atoms with E-state index in [0.29, 0.717) is 29.6 Å². The van der Waals surface area contributed by atoms with E-state index in [1.807, 2.05) is 118 Å². The van der Waals surface area contributed by atoms with Gasteiger partial charge in [-0.05, 0) is 80.5 Å². The lowest BCUT2D eigenvalue weighted by Crippen LogP contribution is -2.50. The topological polar surface area (TPSA) is 195 Å². The minimum absolute atomic E-state index is 0.0341. The van der Waals surface area contributed by atoms with Gasteiger partial charge in [0.2, 0.25) is 23.6 Å². The third-order valence-corrected chi connectivity index (χ3v) is 16.5. The number of carbonyl (C=O) groups excluding carboxylic acids is 3. The van der Waals surface area contributed by atoms with Gasteiger partial charge >= 0.3 is 0 Å². The van der Waals surface area contributed by atoms with Crippen molar-refractivity contribution in [3.05, 3.63) is 134 Å². The maximum Gasteiger partial charge on any atom is 0.248 e. The summed E-state index contributed by atoms with van der Waals surface area (Å²) in [5.41, 5.74) is 9.55. The first kappa shape index (κ1) is 50.0. The first-order chi connectivity index (χ1) is 34.9. The number of aryl methyl sites for hydroxylation is 3. The average molecular weight is 1040 g/mol. The number of amides is 3. The molecule has 7 heterocycles. The summed E-state index contributed by atoms with van der Waals surface area (Å²) in [6.07, 6.45) is 5.61. The van der Waals surface area contributed by atoms with Crippen LogP contribution in [-0.2, 0) is 14.4 Å². The van der Waals surface area contributed by atoms with Crippen molar-refractivity contribution < 1.29 is 24.2 Å². The predicted molar refractivity (Wildman–Crippen MR) is 282 cm³/mol. The number of β-amino-alcohol motifs (C(OH)–C–C–N with tert-alkyl or cyclic N) is 1. The van der Waals surface area contributed by atoms with E-state index in [1.54, 1.807) is 39.7 Å². The van der Waals surface area contributed by atoms with Crippen molar-refractivity contribution in [3.63, 3.8) is 0 Å². The molecule has 3 N–H and O–H groups in total. The molecule has 1 saturated heterocycles. The molecular formula is C54H58ClN11O5S2. The number of ether oxygens (including phenoxy) is 1. The van der Waals surface area contributed by atoms with Crippen molar-refractivity contribution in [1.29, 1.82) is 0 Å². The predicted octanol–water partition coefficient (Wildman–Crippen LogP) is 9.03. The van der Waals surface area contributed by atoms with Crippen LogP contribution in [0.15, 0.2) is 89.8 Å². The van der Waals surface area contributed by atoms with Crippen molar-refractivity contribution in [2.75, 3.05) is 6.54 Å². The van der Waals surface area contributed by atoms with Crippen LogP contribution in [0.25, 0.3) is 26.6 Å². The number of carbonyl (C=O) groups is 3. The number of rotatable bonds is 13. The van der Waals surface area contributed by atoms with Gasteiger partial charge < -0.3 is 25.4 Å². The minimum atomic E-state index is -0.857. The summed E-state index contributed by atoms with van der Waals surface area (Å²) < 4.78 is 10.0. The second-order valence-electron chi connectivity index (χ2n) is 20.5. The number of benzene rings is 2. The van der Waals surface area contributed by atoms with Gasteiger partial charge in [0, 0.05) is 76.9 Å². The molecular weight excluding hydrogens is 982 g/mol. The summed E-state index contributed by atoms with van der Waals surface area (Å²) in [5, 5.41) is 32.4. The Labute approximate surface area is 436 Å². The first-order valence-electron chi connectivity index (χ1n) is 24.5. The molecule has 2 aliphatic heterocycles. The number of thiazole rings is 1. The number of pyridine rings is 1. The smallest absolute Gasteiger partial charge is 0.248 e. The Morgan fingerprint density at radius 2 is 1.67 bits per heavy atom. The number of halogens is 1. The second-order valence-corrected chi connectivity index (χ2v) is 23.0. The van der Waals surface area contributed by atoms with E-state index in [4.69, 9.17) is 26.4 Å². The van der Waals surface area contributed by atoms with Gasteiger partial charge in [-0.1, -0.05) is 68.8 Å². The fourth-order valence-electron chi connectivity index (χ4n) is 10.1. The van der Waals surface area contributed by atoms with Crippen LogP contribution in [-0.4, -0.2) is 98.8 Å². The highest BCUT2D eigenvalue weighted by Gasteiger charge is 2.45. The van der Waals surface area contributed by atoms with Crippen LogP contribution in [0.3, 0.4) is 0 Å². The van der Waals surface area contributed by atoms with E-state index in [0.717, 1.165) is 66.1 Å². The molecule has 5 aromatic heterocycles. The number of aromatic nitrogens is 7. The number of fused-ring (bicyclic) bond motifs is 3. The van der Waals surface area contributed by atoms with E-state index in [2.05, 4.69) is 44.6 Å². The molecule has 5 atom stereocenters.